The van der Waals surface area contributed by atoms with E-state index in [0.29, 0.717) is 5.56 Å². The van der Waals surface area contributed by atoms with Crippen LogP contribution in [0.4, 0.5) is 5.82 Å². The number of thioether (sulfide) groups is 1. The molecule has 0 saturated carbocycles. The van der Waals surface area contributed by atoms with Gasteiger partial charge in [0, 0.05) is 27.1 Å². The summed E-state index contributed by atoms with van der Waals surface area (Å²) in [6, 6.07) is 15.5. The first-order chi connectivity index (χ1) is 12.1. The third-order valence-corrected chi connectivity index (χ3v) is 5.61. The molecule has 25 heavy (non-hydrogen) atoms. The van der Waals surface area contributed by atoms with Crippen LogP contribution >= 0.6 is 27.7 Å². The van der Waals surface area contributed by atoms with Crippen LogP contribution in [0.15, 0.2) is 53.0 Å². The van der Waals surface area contributed by atoms with Crippen molar-refractivity contribution in [2.24, 2.45) is 0 Å². The van der Waals surface area contributed by atoms with Crippen LogP contribution in [0.25, 0.3) is 5.69 Å². The molecule has 0 saturated heterocycles. The molecule has 0 fully saturated rings. The number of amides is 1. The topological polar surface area (TPSA) is 46.9 Å². The second-order valence-corrected chi connectivity index (χ2v) is 7.88. The third kappa shape index (κ3) is 3.24. The first kappa shape index (κ1) is 16.4. The molecule has 1 aromatic heterocycles. The van der Waals surface area contributed by atoms with E-state index in [-0.39, 0.29) is 5.91 Å². The molecule has 1 aliphatic heterocycles. The molecule has 1 amide bonds. The first-order valence-corrected chi connectivity index (χ1v) is 9.89. The molecule has 2 aromatic carbocycles. The molecule has 4 nitrogen and oxygen atoms in total. The number of hydrogen-bond donors (Lipinski definition) is 1. The van der Waals surface area contributed by atoms with E-state index in [1.807, 2.05) is 52.8 Å². The molecule has 0 radical (unpaired) electrons. The number of halogens is 1. The van der Waals surface area contributed by atoms with Crippen molar-refractivity contribution in [2.45, 2.75) is 18.4 Å². The highest BCUT2D eigenvalue weighted by atomic mass is 79.9. The van der Waals surface area contributed by atoms with Crippen LogP contribution in [0.2, 0.25) is 0 Å². The fraction of sp³-hybridized carbons (Fsp3) is 0.158. The van der Waals surface area contributed by atoms with Crippen molar-refractivity contribution in [3.8, 4) is 5.69 Å². The number of aromatic nitrogens is 2. The minimum absolute atomic E-state index is 0.130. The summed E-state index contributed by atoms with van der Waals surface area (Å²) in [5.41, 5.74) is 4.93. The number of nitrogens with one attached hydrogen (secondary N) is 1. The molecule has 0 atom stereocenters. The van der Waals surface area contributed by atoms with Crippen molar-refractivity contribution in [2.75, 3.05) is 5.32 Å². The van der Waals surface area contributed by atoms with Gasteiger partial charge in [0.1, 0.15) is 5.82 Å². The lowest BCUT2D eigenvalue weighted by atomic mass is 10.2. The predicted octanol–water partition coefficient (Wildman–Crippen LogP) is 4.94. The van der Waals surface area contributed by atoms with Crippen LogP contribution in [0.1, 0.15) is 27.2 Å². The maximum Gasteiger partial charge on any atom is 0.256 e. The van der Waals surface area contributed by atoms with Gasteiger partial charge in [0.05, 0.1) is 11.4 Å². The number of benzene rings is 2. The average molecular weight is 414 g/mol. The molecule has 0 aliphatic carbocycles. The second kappa shape index (κ2) is 6.69. The minimum Gasteiger partial charge on any atom is -0.306 e. The van der Waals surface area contributed by atoms with Gasteiger partial charge in [-0.1, -0.05) is 39.7 Å². The Labute approximate surface area is 158 Å². The lowest BCUT2D eigenvalue weighted by Gasteiger charge is -2.11. The number of anilines is 1. The van der Waals surface area contributed by atoms with E-state index in [1.54, 1.807) is 0 Å². The normalized spacial score (nSPS) is 12.9. The summed E-state index contributed by atoms with van der Waals surface area (Å²) in [6.07, 6.45) is 0. The fourth-order valence-electron chi connectivity index (χ4n) is 2.82. The summed E-state index contributed by atoms with van der Waals surface area (Å²) >= 11 is 5.24. The zero-order chi connectivity index (χ0) is 17.4. The van der Waals surface area contributed by atoms with E-state index in [0.717, 1.165) is 38.7 Å². The van der Waals surface area contributed by atoms with Gasteiger partial charge in [-0.25, -0.2) is 4.68 Å². The zero-order valence-electron chi connectivity index (χ0n) is 13.6. The first-order valence-electron chi connectivity index (χ1n) is 7.94. The number of carbonyl (C=O) groups excluding carboxylic acids is 1. The summed E-state index contributed by atoms with van der Waals surface area (Å²) in [6.45, 7) is 2.06. The highest BCUT2D eigenvalue weighted by molar-refractivity contribution is 9.10. The van der Waals surface area contributed by atoms with E-state index < -0.39 is 0 Å². The summed E-state index contributed by atoms with van der Waals surface area (Å²) in [4.78, 5) is 12.7. The van der Waals surface area contributed by atoms with Crippen molar-refractivity contribution >= 4 is 39.4 Å². The van der Waals surface area contributed by atoms with Crippen LogP contribution in [-0.4, -0.2) is 15.7 Å². The number of aryl methyl sites for hydroxylation is 1. The van der Waals surface area contributed by atoms with Gasteiger partial charge in [0.25, 0.3) is 5.91 Å². The molecule has 3 aromatic rings. The Morgan fingerprint density at radius 1 is 1.20 bits per heavy atom. The quantitative estimate of drug-likeness (QED) is 0.660. The highest BCUT2D eigenvalue weighted by Gasteiger charge is 2.25. The molecule has 1 N–H and O–H groups in total. The van der Waals surface area contributed by atoms with Crippen LogP contribution in [0.3, 0.4) is 0 Å². The van der Waals surface area contributed by atoms with Crippen molar-refractivity contribution in [1.29, 1.82) is 0 Å². The molecular formula is C19H16BrN3OS. The fourth-order valence-corrected chi connectivity index (χ4v) is 4.26. The number of hydrogen-bond acceptors (Lipinski definition) is 3. The molecule has 0 unspecified atom stereocenters. The van der Waals surface area contributed by atoms with Crippen LogP contribution < -0.4 is 5.32 Å². The number of carbonyl (C=O) groups is 1. The Morgan fingerprint density at radius 3 is 2.76 bits per heavy atom. The zero-order valence-corrected chi connectivity index (χ0v) is 16.0. The molecule has 2 heterocycles. The van der Waals surface area contributed by atoms with E-state index >= 15 is 0 Å². The van der Waals surface area contributed by atoms with Crippen molar-refractivity contribution in [3.05, 3.63) is 75.4 Å². The Kier molecular flexibility index (Phi) is 4.39. The average Bonchev–Trinajstić information content (AvgIpc) is 3.18. The largest absolute Gasteiger partial charge is 0.306 e. The standard InChI is InChI=1S/C19H16BrN3OS/c1-12-5-7-15(8-6-12)23-18(16-10-25-11-17(16)22-23)21-19(24)13-3-2-4-14(20)9-13/h2-9H,10-11H2,1H3,(H,21,24). The summed E-state index contributed by atoms with van der Waals surface area (Å²) < 4.78 is 2.73. The van der Waals surface area contributed by atoms with Crippen LogP contribution in [0.5, 0.6) is 0 Å². The lowest BCUT2D eigenvalue weighted by Crippen LogP contribution is -2.16. The van der Waals surface area contributed by atoms with Gasteiger partial charge >= 0.3 is 0 Å². The van der Waals surface area contributed by atoms with Crippen molar-refractivity contribution < 1.29 is 4.79 Å². The SMILES string of the molecule is Cc1ccc(-n2nc3c(c2NC(=O)c2cccc(Br)c2)CSC3)cc1. The van der Waals surface area contributed by atoms with E-state index in [1.165, 1.54) is 5.56 Å². The van der Waals surface area contributed by atoms with Gasteiger partial charge in [0.15, 0.2) is 0 Å². The molecule has 6 heteroatoms. The maximum atomic E-state index is 12.7. The maximum absolute atomic E-state index is 12.7. The molecule has 4 rings (SSSR count). The lowest BCUT2D eigenvalue weighted by molar-refractivity contribution is 0.102. The minimum atomic E-state index is -0.130. The Hall–Kier alpha value is -2.05. The van der Waals surface area contributed by atoms with Gasteiger partial charge in [-0.2, -0.15) is 16.9 Å². The third-order valence-electron chi connectivity index (χ3n) is 4.15. The molecule has 0 spiro atoms. The smallest absolute Gasteiger partial charge is 0.256 e. The van der Waals surface area contributed by atoms with Crippen LogP contribution in [0, 0.1) is 6.92 Å². The van der Waals surface area contributed by atoms with Gasteiger partial charge < -0.3 is 5.32 Å². The highest BCUT2D eigenvalue weighted by Crippen LogP contribution is 2.36. The Morgan fingerprint density at radius 2 is 2.00 bits per heavy atom. The molecule has 126 valence electrons. The van der Waals surface area contributed by atoms with Gasteiger partial charge in [-0.15, -0.1) is 0 Å². The van der Waals surface area contributed by atoms with E-state index in [4.69, 9.17) is 5.10 Å². The van der Waals surface area contributed by atoms with Crippen molar-refractivity contribution in [3.63, 3.8) is 0 Å². The van der Waals surface area contributed by atoms with Crippen molar-refractivity contribution in [1.82, 2.24) is 9.78 Å². The monoisotopic (exact) mass is 413 g/mol. The van der Waals surface area contributed by atoms with E-state index in [9.17, 15) is 4.79 Å². The van der Waals surface area contributed by atoms with Gasteiger partial charge in [-0.3, -0.25) is 4.79 Å². The predicted molar refractivity (Wildman–Crippen MR) is 105 cm³/mol. The second-order valence-electron chi connectivity index (χ2n) is 5.98. The summed E-state index contributed by atoms with van der Waals surface area (Å²) in [7, 11) is 0. The number of fused-ring (bicyclic) bond motifs is 1. The van der Waals surface area contributed by atoms with E-state index in [2.05, 4.69) is 40.3 Å². The molecule has 0 bridgehead atoms. The van der Waals surface area contributed by atoms with Crippen LogP contribution in [-0.2, 0) is 11.5 Å². The van der Waals surface area contributed by atoms with Gasteiger partial charge in [-0.05, 0) is 37.3 Å². The molecule has 1 aliphatic rings. The Balaban J connectivity index is 1.73. The Bertz CT molecular complexity index is 950. The van der Waals surface area contributed by atoms with Gasteiger partial charge in [0.2, 0.25) is 0 Å². The number of rotatable bonds is 3. The summed E-state index contributed by atoms with van der Waals surface area (Å²) in [5, 5.41) is 7.80. The molecular weight excluding hydrogens is 398 g/mol. The number of nitrogens with zero attached hydrogens (tertiary/aromatic N) is 2. The summed E-state index contributed by atoms with van der Waals surface area (Å²) in [5.74, 6) is 2.39.